The first-order valence-electron chi connectivity index (χ1n) is 5.54. The number of aromatic nitrogens is 3. The summed E-state index contributed by atoms with van der Waals surface area (Å²) in [4.78, 5) is 28.9. The molecule has 0 aromatic carbocycles. The molecule has 0 atom stereocenters. The number of hydrogen-bond donors (Lipinski definition) is 1. The van der Waals surface area contributed by atoms with Gasteiger partial charge < -0.3 is 10.0 Å². The zero-order chi connectivity index (χ0) is 12.7. The van der Waals surface area contributed by atoms with Gasteiger partial charge in [0.15, 0.2) is 5.69 Å². The normalized spacial score (nSPS) is 15.4. The van der Waals surface area contributed by atoms with Crippen molar-refractivity contribution in [2.75, 3.05) is 18.0 Å². The summed E-state index contributed by atoms with van der Waals surface area (Å²) in [6.45, 7) is 1.83. The van der Waals surface area contributed by atoms with Crippen LogP contribution in [0.4, 0.5) is 5.13 Å². The molecule has 0 unspecified atom stereocenters. The van der Waals surface area contributed by atoms with Crippen LogP contribution in [0.1, 0.15) is 23.3 Å². The molecular formula is C10H10N4O3S. The van der Waals surface area contributed by atoms with Crippen molar-refractivity contribution in [3.8, 4) is 0 Å². The first kappa shape index (κ1) is 11.1. The van der Waals surface area contributed by atoms with Gasteiger partial charge in [0.25, 0.3) is 5.56 Å². The molecule has 7 nitrogen and oxygen atoms in total. The lowest BCUT2D eigenvalue weighted by atomic mass is 10.4. The highest BCUT2D eigenvalue weighted by molar-refractivity contribution is 7.20. The van der Waals surface area contributed by atoms with Gasteiger partial charge in [-0.2, -0.15) is 4.52 Å². The molecule has 0 amide bonds. The molecule has 8 heteroatoms. The van der Waals surface area contributed by atoms with Gasteiger partial charge >= 0.3 is 5.97 Å². The summed E-state index contributed by atoms with van der Waals surface area (Å²) in [6, 6.07) is 0.989. The van der Waals surface area contributed by atoms with Crippen LogP contribution in [-0.2, 0) is 0 Å². The van der Waals surface area contributed by atoms with Crippen LogP contribution in [0, 0.1) is 0 Å². The summed E-state index contributed by atoms with van der Waals surface area (Å²) in [6.07, 6.45) is 2.22. The highest BCUT2D eigenvalue weighted by Gasteiger charge is 2.18. The van der Waals surface area contributed by atoms with Crippen molar-refractivity contribution in [2.45, 2.75) is 12.8 Å². The minimum Gasteiger partial charge on any atom is -0.477 e. The summed E-state index contributed by atoms with van der Waals surface area (Å²) >= 11 is 1.24. The Morgan fingerprint density at radius 2 is 2.11 bits per heavy atom. The molecule has 0 radical (unpaired) electrons. The highest BCUT2D eigenvalue weighted by atomic mass is 32.1. The number of fused-ring (bicyclic) bond motifs is 1. The van der Waals surface area contributed by atoms with E-state index in [2.05, 4.69) is 15.0 Å². The average Bonchev–Trinajstić information content (AvgIpc) is 2.96. The van der Waals surface area contributed by atoms with E-state index < -0.39 is 11.5 Å². The van der Waals surface area contributed by atoms with Crippen molar-refractivity contribution in [2.24, 2.45) is 0 Å². The maximum Gasteiger partial charge on any atom is 0.354 e. The predicted octanol–water partition coefficient (Wildman–Crippen LogP) is 0.449. The lowest BCUT2D eigenvalue weighted by Crippen LogP contribution is -2.20. The van der Waals surface area contributed by atoms with E-state index in [4.69, 9.17) is 5.11 Å². The Morgan fingerprint density at radius 1 is 1.39 bits per heavy atom. The van der Waals surface area contributed by atoms with Crippen LogP contribution in [-0.4, -0.2) is 38.8 Å². The summed E-state index contributed by atoms with van der Waals surface area (Å²) in [7, 11) is 0. The standard InChI is InChI=1S/C10H10N4O3S/c15-7-5-6(8(16)17)11-9-14(7)12-10(18-9)13-3-1-2-4-13/h5H,1-4H2,(H,16,17). The van der Waals surface area contributed by atoms with Crippen LogP contribution in [0.15, 0.2) is 10.9 Å². The lowest BCUT2D eigenvalue weighted by Gasteiger charge is -2.10. The Hall–Kier alpha value is -1.96. The molecule has 1 aliphatic rings. The van der Waals surface area contributed by atoms with E-state index in [0.29, 0.717) is 4.96 Å². The molecule has 1 aliphatic heterocycles. The maximum atomic E-state index is 11.7. The number of hydrogen-bond acceptors (Lipinski definition) is 6. The number of nitrogens with zero attached hydrogens (tertiary/aromatic N) is 4. The fraction of sp³-hybridized carbons (Fsp3) is 0.400. The van der Waals surface area contributed by atoms with Crippen molar-refractivity contribution in [3.05, 3.63) is 22.1 Å². The molecule has 0 bridgehead atoms. The lowest BCUT2D eigenvalue weighted by molar-refractivity contribution is 0.0690. The SMILES string of the molecule is O=C(O)c1cc(=O)n2nc(N3CCCC3)sc2n1. The molecule has 94 valence electrons. The summed E-state index contributed by atoms with van der Waals surface area (Å²) < 4.78 is 1.16. The zero-order valence-electron chi connectivity index (χ0n) is 9.37. The number of carboxylic acid groups (broad SMARTS) is 1. The molecular weight excluding hydrogens is 256 g/mol. The van der Waals surface area contributed by atoms with Gasteiger partial charge in [-0.25, -0.2) is 9.78 Å². The van der Waals surface area contributed by atoms with Gasteiger partial charge in [-0.15, -0.1) is 5.10 Å². The number of carboxylic acids is 1. The van der Waals surface area contributed by atoms with E-state index in [1.165, 1.54) is 11.3 Å². The first-order chi connectivity index (χ1) is 8.65. The molecule has 0 spiro atoms. The topological polar surface area (TPSA) is 87.8 Å². The maximum absolute atomic E-state index is 11.7. The summed E-state index contributed by atoms with van der Waals surface area (Å²) in [5.74, 6) is -1.20. The number of rotatable bonds is 2. The Labute approximate surface area is 105 Å². The molecule has 1 N–H and O–H groups in total. The van der Waals surface area contributed by atoms with E-state index in [1.807, 2.05) is 0 Å². The Kier molecular flexibility index (Phi) is 2.51. The molecule has 1 saturated heterocycles. The third kappa shape index (κ3) is 1.74. The van der Waals surface area contributed by atoms with Crippen molar-refractivity contribution < 1.29 is 9.90 Å². The molecule has 0 saturated carbocycles. The highest BCUT2D eigenvalue weighted by Crippen LogP contribution is 2.24. The second kappa shape index (κ2) is 4.05. The Bertz CT molecular complexity index is 671. The van der Waals surface area contributed by atoms with Gasteiger partial charge in [0.1, 0.15) is 0 Å². The first-order valence-corrected chi connectivity index (χ1v) is 6.36. The van der Waals surface area contributed by atoms with Crippen molar-refractivity contribution in [1.82, 2.24) is 14.6 Å². The van der Waals surface area contributed by atoms with Crippen LogP contribution < -0.4 is 10.5 Å². The molecule has 0 aliphatic carbocycles. The number of anilines is 1. The van der Waals surface area contributed by atoms with Crippen LogP contribution in [0.5, 0.6) is 0 Å². The van der Waals surface area contributed by atoms with Gasteiger partial charge in [-0.3, -0.25) is 4.79 Å². The smallest absolute Gasteiger partial charge is 0.354 e. The summed E-state index contributed by atoms with van der Waals surface area (Å²) in [5.41, 5.74) is -0.698. The number of aromatic carboxylic acids is 1. The molecule has 18 heavy (non-hydrogen) atoms. The third-order valence-electron chi connectivity index (χ3n) is 2.83. The van der Waals surface area contributed by atoms with Crippen LogP contribution in [0.25, 0.3) is 4.96 Å². The largest absolute Gasteiger partial charge is 0.477 e. The second-order valence-corrected chi connectivity index (χ2v) is 4.99. The van der Waals surface area contributed by atoms with Gasteiger partial charge in [0, 0.05) is 19.2 Å². The predicted molar refractivity (Wildman–Crippen MR) is 65.5 cm³/mol. The third-order valence-corrected chi connectivity index (χ3v) is 3.80. The van der Waals surface area contributed by atoms with E-state index in [-0.39, 0.29) is 5.69 Å². The fourth-order valence-electron chi connectivity index (χ4n) is 1.95. The van der Waals surface area contributed by atoms with Crippen molar-refractivity contribution >= 4 is 27.4 Å². The Morgan fingerprint density at radius 3 is 2.78 bits per heavy atom. The fourth-order valence-corrected chi connectivity index (χ4v) is 2.91. The van der Waals surface area contributed by atoms with Gasteiger partial charge in [-0.1, -0.05) is 11.3 Å². The molecule has 3 rings (SSSR count). The van der Waals surface area contributed by atoms with Crippen molar-refractivity contribution in [3.63, 3.8) is 0 Å². The van der Waals surface area contributed by atoms with E-state index in [9.17, 15) is 9.59 Å². The van der Waals surface area contributed by atoms with Crippen molar-refractivity contribution in [1.29, 1.82) is 0 Å². The van der Waals surface area contributed by atoms with E-state index in [1.54, 1.807) is 0 Å². The Balaban J connectivity index is 2.13. The molecule has 2 aromatic rings. The van der Waals surface area contributed by atoms with Crippen LogP contribution in [0.2, 0.25) is 0 Å². The molecule has 1 fully saturated rings. The molecule has 3 heterocycles. The van der Waals surface area contributed by atoms with E-state index >= 15 is 0 Å². The summed E-state index contributed by atoms with van der Waals surface area (Å²) in [5, 5.41) is 13.8. The minimum absolute atomic E-state index is 0.239. The van der Waals surface area contributed by atoms with Crippen LogP contribution in [0.3, 0.4) is 0 Å². The van der Waals surface area contributed by atoms with Gasteiger partial charge in [0.2, 0.25) is 10.1 Å². The van der Waals surface area contributed by atoms with E-state index in [0.717, 1.165) is 41.6 Å². The second-order valence-electron chi connectivity index (χ2n) is 4.06. The number of carbonyl (C=O) groups is 1. The average molecular weight is 266 g/mol. The van der Waals surface area contributed by atoms with Gasteiger partial charge in [0.05, 0.1) is 0 Å². The minimum atomic E-state index is -1.20. The monoisotopic (exact) mass is 266 g/mol. The van der Waals surface area contributed by atoms with Gasteiger partial charge in [-0.05, 0) is 12.8 Å². The zero-order valence-corrected chi connectivity index (χ0v) is 10.2. The van der Waals surface area contributed by atoms with Crippen LogP contribution >= 0.6 is 11.3 Å². The quantitative estimate of drug-likeness (QED) is 0.849. The molecule has 2 aromatic heterocycles.